The van der Waals surface area contributed by atoms with Crippen LogP contribution in [0.1, 0.15) is 58.9 Å². The molecule has 10 heteroatoms. The van der Waals surface area contributed by atoms with Gasteiger partial charge in [0.15, 0.2) is 0 Å². The summed E-state index contributed by atoms with van der Waals surface area (Å²) in [5, 5.41) is 3.51. The van der Waals surface area contributed by atoms with Crippen molar-refractivity contribution in [1.29, 1.82) is 0 Å². The number of halogens is 4. The maximum Gasteiger partial charge on any atom is 0.329 e. The van der Waals surface area contributed by atoms with Gasteiger partial charge in [-0.3, -0.25) is 12.9 Å². The molecule has 0 radical (unpaired) electrons. The van der Waals surface area contributed by atoms with Crippen LogP contribution in [0.4, 0.5) is 8.78 Å². The summed E-state index contributed by atoms with van der Waals surface area (Å²) < 4.78 is 31.8. The van der Waals surface area contributed by atoms with E-state index in [1.165, 1.54) is 0 Å². The zero-order valence-electron chi connectivity index (χ0n) is 19.9. The number of allylic oxidation sites excluding steroid dienone is 1. The highest BCUT2D eigenvalue weighted by Gasteiger charge is 2.33. The van der Waals surface area contributed by atoms with Crippen molar-refractivity contribution in [3.63, 3.8) is 0 Å². The summed E-state index contributed by atoms with van der Waals surface area (Å²) in [4.78, 5) is 16.5. The predicted molar refractivity (Wildman–Crippen MR) is 140 cm³/mol. The van der Waals surface area contributed by atoms with Crippen LogP contribution in [-0.4, -0.2) is 28.6 Å². The Balaban J connectivity index is 0.000000785. The molecule has 0 fully saturated rings. The van der Waals surface area contributed by atoms with Crippen LogP contribution >= 0.6 is 32.8 Å². The van der Waals surface area contributed by atoms with Gasteiger partial charge < -0.3 is 16.8 Å². The van der Waals surface area contributed by atoms with Gasteiger partial charge in [-0.05, 0) is 36.5 Å². The van der Waals surface area contributed by atoms with Gasteiger partial charge in [0, 0.05) is 42.4 Å². The molecule has 0 saturated heterocycles. The van der Waals surface area contributed by atoms with Crippen LogP contribution in [0.25, 0.3) is 0 Å². The van der Waals surface area contributed by atoms with Crippen molar-refractivity contribution in [3.05, 3.63) is 46.1 Å². The second kappa shape index (κ2) is 16.2. The second-order valence-electron chi connectivity index (χ2n) is 7.78. The third kappa shape index (κ3) is 12.5. The molecule has 1 atom stereocenters. The molecule has 188 valence electrons. The molecule has 0 spiro atoms. The average molecular weight is 601 g/mol. The SMILES string of the molecule is CC(C)C(N)CC(F)(F)I=O.CCC/C(C(CC)=NC)=C(/N)C(=O)NCc1ccc(Cl)cc1. The van der Waals surface area contributed by atoms with E-state index in [0.717, 1.165) is 36.1 Å². The van der Waals surface area contributed by atoms with Crippen LogP contribution in [-0.2, 0) is 14.4 Å². The van der Waals surface area contributed by atoms with Gasteiger partial charge in [0.25, 0.3) is 5.91 Å². The average Bonchev–Trinajstić information content (AvgIpc) is 2.78. The fourth-order valence-electron chi connectivity index (χ4n) is 2.74. The molecular formula is C23H36ClF2IN4O2. The normalized spacial score (nSPS) is 13.7. The first kappa shape index (κ1) is 31.5. The Morgan fingerprint density at radius 3 is 2.24 bits per heavy atom. The van der Waals surface area contributed by atoms with Crippen molar-refractivity contribution in [3.8, 4) is 0 Å². The molecule has 0 bridgehead atoms. The molecule has 0 heterocycles. The molecule has 0 aliphatic carbocycles. The van der Waals surface area contributed by atoms with Crippen molar-refractivity contribution >= 4 is 44.4 Å². The molecule has 5 N–H and O–H groups in total. The number of hydrogen-bond acceptors (Lipinski definition) is 5. The molecule has 1 unspecified atom stereocenters. The predicted octanol–water partition coefficient (Wildman–Crippen LogP) is 5.72. The van der Waals surface area contributed by atoms with Gasteiger partial charge in [0.1, 0.15) is 5.70 Å². The zero-order valence-corrected chi connectivity index (χ0v) is 22.8. The minimum atomic E-state index is -3.03. The third-order valence-electron chi connectivity index (χ3n) is 4.83. The van der Waals surface area contributed by atoms with E-state index in [2.05, 4.69) is 17.2 Å². The van der Waals surface area contributed by atoms with E-state index in [4.69, 9.17) is 23.1 Å². The number of hydrogen-bond donors (Lipinski definition) is 3. The number of carbonyl (C=O) groups excluding carboxylic acids is 1. The zero-order chi connectivity index (χ0) is 25.6. The highest BCUT2D eigenvalue weighted by Crippen LogP contribution is 2.33. The molecule has 0 saturated carbocycles. The molecule has 1 rings (SSSR count). The lowest BCUT2D eigenvalue weighted by atomic mass is 10.0. The molecule has 0 aliphatic rings. The Hall–Kier alpha value is -1.46. The van der Waals surface area contributed by atoms with E-state index >= 15 is 0 Å². The lowest BCUT2D eigenvalue weighted by Crippen LogP contribution is -2.31. The number of nitrogens with zero attached hydrogens (tertiary/aromatic N) is 1. The highest BCUT2D eigenvalue weighted by atomic mass is 127. The van der Waals surface area contributed by atoms with Crippen molar-refractivity contribution in [2.45, 2.75) is 69.9 Å². The quantitative estimate of drug-likeness (QED) is 0.131. The first-order valence-electron chi connectivity index (χ1n) is 10.8. The topological polar surface area (TPSA) is 111 Å². The van der Waals surface area contributed by atoms with Gasteiger partial charge in [-0.1, -0.05) is 57.8 Å². The summed E-state index contributed by atoms with van der Waals surface area (Å²) in [6, 6.07) is 6.78. The molecule has 33 heavy (non-hydrogen) atoms. The fourth-order valence-corrected chi connectivity index (χ4v) is 3.56. The van der Waals surface area contributed by atoms with Crippen LogP contribution in [0.3, 0.4) is 0 Å². The standard InChI is InChI=1S/C17H24ClN3O.C6H12F2INO/c1-4-6-14(15(5-2)20-3)16(19)17(22)21-11-12-7-9-13(18)10-8-12;1-4(2)5(10)3-6(7,8)9-11/h7-10H,4-6,11,19H2,1-3H3,(H,21,22);4-5H,3,10H2,1-2H3/b16-14-,20-15?;. The van der Waals surface area contributed by atoms with E-state index in [1.807, 2.05) is 19.1 Å². The van der Waals surface area contributed by atoms with Gasteiger partial charge >= 0.3 is 3.93 Å². The summed E-state index contributed by atoms with van der Waals surface area (Å²) in [7, 11) is 1.73. The summed E-state index contributed by atoms with van der Waals surface area (Å²) in [5.41, 5.74) is 14.4. The molecule has 0 aliphatic heterocycles. The number of aliphatic imine (C=N–C) groups is 1. The summed E-state index contributed by atoms with van der Waals surface area (Å²) in [6.07, 6.45) is 1.97. The molecule has 6 nitrogen and oxygen atoms in total. The summed E-state index contributed by atoms with van der Waals surface area (Å²) >= 11 is 3.58. The number of nitrogens with one attached hydrogen (secondary N) is 1. The largest absolute Gasteiger partial charge is 0.394 e. The summed E-state index contributed by atoms with van der Waals surface area (Å²) in [6.45, 7) is 8.02. The van der Waals surface area contributed by atoms with E-state index in [-0.39, 0.29) is 17.5 Å². The minimum absolute atomic E-state index is 0.0106. The Labute approximate surface area is 211 Å². The van der Waals surface area contributed by atoms with E-state index in [1.54, 1.807) is 33.0 Å². The van der Waals surface area contributed by atoms with E-state index in [9.17, 15) is 16.6 Å². The maximum absolute atomic E-state index is 12.4. The van der Waals surface area contributed by atoms with Gasteiger partial charge in [-0.25, -0.2) is 0 Å². The molecule has 1 amide bonds. The van der Waals surface area contributed by atoms with Gasteiger partial charge in [0.05, 0.1) is 0 Å². The fraction of sp³-hybridized carbons (Fsp3) is 0.565. The lowest BCUT2D eigenvalue weighted by molar-refractivity contribution is -0.117. The molecule has 1 aromatic carbocycles. The number of carbonyl (C=O) groups is 1. The number of amides is 1. The van der Waals surface area contributed by atoms with Gasteiger partial charge in [0.2, 0.25) is 21.2 Å². The van der Waals surface area contributed by atoms with Crippen molar-refractivity contribution in [2.24, 2.45) is 22.4 Å². The van der Waals surface area contributed by atoms with Crippen LogP contribution in [0.5, 0.6) is 0 Å². The molecular weight excluding hydrogens is 565 g/mol. The van der Waals surface area contributed by atoms with Crippen molar-refractivity contribution in [1.82, 2.24) is 5.32 Å². The summed E-state index contributed by atoms with van der Waals surface area (Å²) in [5.74, 6) is -0.246. The number of rotatable bonds is 11. The van der Waals surface area contributed by atoms with Crippen LogP contribution in [0.2, 0.25) is 5.02 Å². The second-order valence-corrected chi connectivity index (χ2v) is 10.2. The number of benzene rings is 1. The molecule has 0 aromatic heterocycles. The third-order valence-corrected chi connectivity index (χ3v) is 6.16. The first-order chi connectivity index (χ1) is 15.4. The van der Waals surface area contributed by atoms with Crippen LogP contribution in [0.15, 0.2) is 40.5 Å². The Morgan fingerprint density at radius 1 is 1.24 bits per heavy atom. The smallest absolute Gasteiger partial charge is 0.329 e. The van der Waals surface area contributed by atoms with Crippen molar-refractivity contribution < 1.29 is 16.6 Å². The van der Waals surface area contributed by atoms with Gasteiger partial charge in [-0.15, -0.1) is 0 Å². The van der Waals surface area contributed by atoms with Crippen molar-refractivity contribution in [2.75, 3.05) is 7.05 Å². The monoisotopic (exact) mass is 600 g/mol. The Kier molecular flexibility index (Phi) is 15.5. The first-order valence-corrected chi connectivity index (χ1v) is 13.1. The minimum Gasteiger partial charge on any atom is -0.394 e. The maximum atomic E-state index is 12.4. The number of alkyl halides is 3. The Morgan fingerprint density at radius 2 is 1.82 bits per heavy atom. The number of nitrogens with two attached hydrogens (primary N) is 2. The van der Waals surface area contributed by atoms with Crippen LogP contribution < -0.4 is 16.8 Å². The highest BCUT2D eigenvalue weighted by molar-refractivity contribution is 14.1. The van der Waals surface area contributed by atoms with Crippen LogP contribution in [0, 0.1) is 5.92 Å². The van der Waals surface area contributed by atoms with Gasteiger partial charge in [-0.2, -0.15) is 8.78 Å². The molecule has 1 aromatic rings. The van der Waals surface area contributed by atoms with E-state index < -0.39 is 37.6 Å². The Bertz CT molecular complexity index is 815. The lowest BCUT2D eigenvalue weighted by Gasteiger charge is -2.17. The van der Waals surface area contributed by atoms with E-state index in [0.29, 0.717) is 11.6 Å².